The van der Waals surface area contributed by atoms with E-state index < -0.39 is 11.7 Å². The van der Waals surface area contributed by atoms with Crippen molar-refractivity contribution < 1.29 is 13.2 Å². The van der Waals surface area contributed by atoms with Gasteiger partial charge in [0.25, 0.3) is 0 Å². The van der Waals surface area contributed by atoms with E-state index in [1.165, 1.54) is 23.9 Å². The molecule has 0 unspecified atom stereocenters. The van der Waals surface area contributed by atoms with Gasteiger partial charge in [-0.3, -0.25) is 0 Å². The van der Waals surface area contributed by atoms with Crippen LogP contribution in [0.25, 0.3) is 0 Å². The fourth-order valence-corrected chi connectivity index (χ4v) is 2.61. The molecule has 0 N–H and O–H groups in total. The summed E-state index contributed by atoms with van der Waals surface area (Å²) in [6.07, 6.45) is -4.28. The molecule has 0 saturated heterocycles. The van der Waals surface area contributed by atoms with Crippen LogP contribution in [0, 0.1) is 0 Å². The van der Waals surface area contributed by atoms with Gasteiger partial charge in [0.15, 0.2) is 0 Å². The normalized spacial score (nSPS) is 12.2. The molecule has 1 rings (SSSR count). The summed E-state index contributed by atoms with van der Waals surface area (Å²) in [5.74, 6) is 0. The Balaban J connectivity index is 3.15. The summed E-state index contributed by atoms with van der Waals surface area (Å²) in [7, 11) is 0. The number of halogens is 4. The van der Waals surface area contributed by atoms with Gasteiger partial charge in [0.1, 0.15) is 0 Å². The average Bonchev–Trinajstić information content (AvgIpc) is 1.99. The maximum absolute atomic E-state index is 12.6. The maximum Gasteiger partial charge on any atom is 0.417 e. The molecule has 5 heteroatoms. The maximum atomic E-state index is 12.6. The minimum atomic E-state index is -4.28. The molecular formula is C10H10BrF3S. The van der Waals surface area contributed by atoms with Crippen LogP contribution < -0.4 is 0 Å². The first-order valence-electron chi connectivity index (χ1n) is 4.34. The van der Waals surface area contributed by atoms with Crippen LogP contribution in [0.4, 0.5) is 13.2 Å². The Morgan fingerprint density at radius 3 is 2.33 bits per heavy atom. The summed E-state index contributed by atoms with van der Waals surface area (Å²) in [5.41, 5.74) is -0.565. The molecule has 0 aliphatic rings. The van der Waals surface area contributed by atoms with Crippen molar-refractivity contribution in [3.8, 4) is 0 Å². The van der Waals surface area contributed by atoms with E-state index in [1.807, 2.05) is 13.8 Å². The van der Waals surface area contributed by atoms with E-state index >= 15 is 0 Å². The minimum absolute atomic E-state index is 0.125. The van der Waals surface area contributed by atoms with Crippen molar-refractivity contribution in [2.45, 2.75) is 30.2 Å². The molecule has 0 aliphatic heterocycles. The summed E-state index contributed by atoms with van der Waals surface area (Å²) in [5, 5.41) is 0.125. The zero-order chi connectivity index (χ0) is 11.6. The van der Waals surface area contributed by atoms with E-state index in [0.717, 1.165) is 6.07 Å². The molecule has 84 valence electrons. The molecule has 0 bridgehead atoms. The van der Waals surface area contributed by atoms with E-state index in [-0.39, 0.29) is 10.1 Å². The minimum Gasteiger partial charge on any atom is -0.166 e. The Bertz CT molecular complexity index is 347. The van der Waals surface area contributed by atoms with Crippen molar-refractivity contribution in [1.29, 1.82) is 0 Å². The molecule has 0 fully saturated rings. The van der Waals surface area contributed by atoms with Crippen LogP contribution in [0.2, 0.25) is 0 Å². The highest BCUT2D eigenvalue weighted by Gasteiger charge is 2.33. The van der Waals surface area contributed by atoms with Gasteiger partial charge in [-0.1, -0.05) is 29.8 Å². The first-order chi connectivity index (χ1) is 6.80. The molecular weight excluding hydrogens is 289 g/mol. The van der Waals surface area contributed by atoms with Gasteiger partial charge in [0.05, 0.1) is 5.56 Å². The summed E-state index contributed by atoms with van der Waals surface area (Å²) in [6, 6.07) is 4.02. The number of thioether (sulfide) groups is 1. The molecule has 0 aliphatic carbocycles. The third-order valence-corrected chi connectivity index (χ3v) is 3.17. The van der Waals surface area contributed by atoms with Crippen molar-refractivity contribution in [2.75, 3.05) is 0 Å². The van der Waals surface area contributed by atoms with E-state index in [9.17, 15) is 13.2 Å². The fraction of sp³-hybridized carbons (Fsp3) is 0.400. The molecule has 15 heavy (non-hydrogen) atoms. The lowest BCUT2D eigenvalue weighted by Gasteiger charge is -2.14. The summed E-state index contributed by atoms with van der Waals surface area (Å²) in [6.45, 7) is 3.73. The van der Waals surface area contributed by atoms with Crippen molar-refractivity contribution >= 4 is 27.7 Å². The van der Waals surface area contributed by atoms with E-state index in [0.29, 0.717) is 4.47 Å². The zero-order valence-corrected chi connectivity index (χ0v) is 10.6. The zero-order valence-electron chi connectivity index (χ0n) is 8.23. The van der Waals surface area contributed by atoms with Crippen LogP contribution in [0.15, 0.2) is 27.6 Å². The number of rotatable bonds is 2. The Morgan fingerprint density at radius 2 is 1.87 bits per heavy atom. The molecule has 0 spiro atoms. The van der Waals surface area contributed by atoms with E-state index in [4.69, 9.17) is 0 Å². The summed E-state index contributed by atoms with van der Waals surface area (Å²) >= 11 is 4.39. The lowest BCUT2D eigenvalue weighted by molar-refractivity contribution is -0.139. The Morgan fingerprint density at radius 1 is 1.27 bits per heavy atom. The first-order valence-corrected chi connectivity index (χ1v) is 6.01. The molecule has 0 atom stereocenters. The monoisotopic (exact) mass is 298 g/mol. The number of alkyl halides is 3. The standard InChI is InChI=1S/C10H10BrF3S/c1-6(2)15-9-5-7(11)3-4-8(9)10(12,13)14/h3-6H,1-2H3. The van der Waals surface area contributed by atoms with Crippen molar-refractivity contribution in [1.82, 2.24) is 0 Å². The summed E-state index contributed by atoms with van der Waals surface area (Å²) in [4.78, 5) is 0.270. The second kappa shape index (κ2) is 4.78. The van der Waals surface area contributed by atoms with E-state index in [1.54, 1.807) is 0 Å². The quantitative estimate of drug-likeness (QED) is 0.695. The van der Waals surface area contributed by atoms with Gasteiger partial charge in [-0.15, -0.1) is 11.8 Å². The molecule has 0 saturated carbocycles. The fourth-order valence-electron chi connectivity index (χ4n) is 1.08. The molecule has 1 aromatic rings. The topological polar surface area (TPSA) is 0 Å². The van der Waals surface area contributed by atoms with Gasteiger partial charge in [-0.2, -0.15) is 13.2 Å². The molecule has 0 nitrogen and oxygen atoms in total. The lowest BCUT2D eigenvalue weighted by atomic mass is 10.2. The van der Waals surface area contributed by atoms with Crippen LogP contribution in [0.1, 0.15) is 19.4 Å². The SMILES string of the molecule is CC(C)Sc1cc(Br)ccc1C(F)(F)F. The van der Waals surface area contributed by atoms with Gasteiger partial charge in [0, 0.05) is 14.6 Å². The van der Waals surface area contributed by atoms with Gasteiger partial charge in [-0.05, 0) is 18.2 Å². The van der Waals surface area contributed by atoms with Gasteiger partial charge < -0.3 is 0 Å². The van der Waals surface area contributed by atoms with Crippen LogP contribution in [0.3, 0.4) is 0 Å². The Labute approximate surface area is 99.4 Å². The smallest absolute Gasteiger partial charge is 0.166 e. The lowest BCUT2D eigenvalue weighted by Crippen LogP contribution is -2.07. The predicted molar refractivity (Wildman–Crippen MR) is 60.1 cm³/mol. The van der Waals surface area contributed by atoms with Crippen molar-refractivity contribution in [3.63, 3.8) is 0 Å². The highest BCUT2D eigenvalue weighted by atomic mass is 79.9. The Hall–Kier alpha value is -0.160. The number of hydrogen-bond donors (Lipinski definition) is 0. The molecule has 1 aromatic carbocycles. The van der Waals surface area contributed by atoms with Gasteiger partial charge >= 0.3 is 6.18 Å². The summed E-state index contributed by atoms with van der Waals surface area (Å²) < 4.78 is 38.5. The molecule has 0 heterocycles. The van der Waals surface area contributed by atoms with Gasteiger partial charge in [0.2, 0.25) is 0 Å². The van der Waals surface area contributed by atoms with Gasteiger partial charge in [-0.25, -0.2) is 0 Å². The second-order valence-corrected chi connectivity index (χ2v) is 5.84. The number of benzene rings is 1. The van der Waals surface area contributed by atoms with Crippen LogP contribution in [0.5, 0.6) is 0 Å². The average molecular weight is 299 g/mol. The predicted octanol–water partition coefficient (Wildman–Crippen LogP) is 4.97. The Kier molecular flexibility index (Phi) is 4.12. The van der Waals surface area contributed by atoms with Crippen LogP contribution in [-0.2, 0) is 6.18 Å². The number of hydrogen-bond acceptors (Lipinski definition) is 1. The third kappa shape index (κ3) is 3.72. The first kappa shape index (κ1) is 12.9. The molecule has 0 radical (unpaired) electrons. The van der Waals surface area contributed by atoms with Crippen molar-refractivity contribution in [2.24, 2.45) is 0 Å². The molecule has 0 aromatic heterocycles. The van der Waals surface area contributed by atoms with Crippen LogP contribution >= 0.6 is 27.7 Å². The van der Waals surface area contributed by atoms with E-state index in [2.05, 4.69) is 15.9 Å². The second-order valence-electron chi connectivity index (χ2n) is 3.30. The van der Waals surface area contributed by atoms with Crippen molar-refractivity contribution in [3.05, 3.63) is 28.2 Å². The molecule has 0 amide bonds. The largest absolute Gasteiger partial charge is 0.417 e. The highest BCUT2D eigenvalue weighted by Crippen LogP contribution is 2.39. The third-order valence-electron chi connectivity index (χ3n) is 1.61. The highest BCUT2D eigenvalue weighted by molar-refractivity contribution is 9.10. The van der Waals surface area contributed by atoms with Crippen LogP contribution in [-0.4, -0.2) is 5.25 Å².